The summed E-state index contributed by atoms with van der Waals surface area (Å²) in [5, 5.41) is 15.9. The molecule has 1 saturated carbocycles. The quantitative estimate of drug-likeness (QED) is 0.671. The van der Waals surface area contributed by atoms with E-state index in [0.29, 0.717) is 17.9 Å². The van der Waals surface area contributed by atoms with Gasteiger partial charge in [-0.05, 0) is 36.1 Å². The third kappa shape index (κ3) is 4.32. The molecule has 6 nitrogen and oxygen atoms in total. The van der Waals surface area contributed by atoms with E-state index >= 15 is 0 Å². The minimum absolute atomic E-state index is 0.161. The Hall–Kier alpha value is -3.53. The lowest BCUT2D eigenvalue weighted by molar-refractivity contribution is -0.115. The molecule has 3 aromatic rings. The summed E-state index contributed by atoms with van der Waals surface area (Å²) in [5.41, 5.74) is 2.89. The number of aromatic nitrogens is 3. The fourth-order valence-corrected chi connectivity index (χ4v) is 3.27. The molecular weight excluding hydrogens is 369 g/mol. The van der Waals surface area contributed by atoms with Gasteiger partial charge in [-0.3, -0.25) is 18.9 Å². The molecule has 1 aliphatic rings. The SMILES string of the molecule is N#Cc1ccc(Cn2ccc(NC(=O)Cc3ccc(C4(CF)CC4)cc3)n2)nc1. The Balaban J connectivity index is 1.32. The van der Waals surface area contributed by atoms with Gasteiger partial charge in [-0.15, -0.1) is 0 Å². The molecule has 1 fully saturated rings. The van der Waals surface area contributed by atoms with E-state index in [0.717, 1.165) is 29.7 Å². The monoisotopic (exact) mass is 389 g/mol. The number of pyridine rings is 1. The first kappa shape index (κ1) is 18.8. The number of carbonyl (C=O) groups is 1. The summed E-state index contributed by atoms with van der Waals surface area (Å²) in [7, 11) is 0. The van der Waals surface area contributed by atoms with Crippen LogP contribution in [0.25, 0.3) is 0 Å². The number of nitrogens with one attached hydrogen (secondary N) is 1. The van der Waals surface area contributed by atoms with Crippen LogP contribution in [0.1, 0.15) is 35.2 Å². The van der Waals surface area contributed by atoms with Crippen LogP contribution >= 0.6 is 0 Å². The predicted molar refractivity (Wildman–Crippen MR) is 106 cm³/mol. The molecule has 1 amide bonds. The molecule has 0 saturated heterocycles. The molecule has 1 aromatic carbocycles. The van der Waals surface area contributed by atoms with Gasteiger partial charge in [0, 0.05) is 23.9 Å². The van der Waals surface area contributed by atoms with Gasteiger partial charge in [0.25, 0.3) is 0 Å². The van der Waals surface area contributed by atoms with Gasteiger partial charge in [-0.25, -0.2) is 0 Å². The second-order valence-corrected chi connectivity index (χ2v) is 7.38. The van der Waals surface area contributed by atoms with E-state index in [1.807, 2.05) is 30.3 Å². The van der Waals surface area contributed by atoms with Gasteiger partial charge in [-0.2, -0.15) is 10.4 Å². The van der Waals surface area contributed by atoms with E-state index in [-0.39, 0.29) is 24.4 Å². The Labute approximate surface area is 168 Å². The minimum Gasteiger partial charge on any atom is -0.309 e. The van der Waals surface area contributed by atoms with Crippen molar-refractivity contribution in [3.8, 4) is 6.07 Å². The highest BCUT2D eigenvalue weighted by atomic mass is 19.1. The summed E-state index contributed by atoms with van der Waals surface area (Å²) in [4.78, 5) is 16.5. The number of alkyl halides is 1. The molecule has 0 atom stereocenters. The van der Waals surface area contributed by atoms with Crippen molar-refractivity contribution in [1.82, 2.24) is 14.8 Å². The first-order valence-electron chi connectivity index (χ1n) is 9.44. The zero-order valence-electron chi connectivity index (χ0n) is 15.8. The predicted octanol–water partition coefficient (Wildman–Crippen LogP) is 3.38. The number of benzene rings is 1. The maximum Gasteiger partial charge on any atom is 0.229 e. The second-order valence-electron chi connectivity index (χ2n) is 7.38. The smallest absolute Gasteiger partial charge is 0.229 e. The Morgan fingerprint density at radius 1 is 1.21 bits per heavy atom. The standard InChI is InChI=1S/C22H20FN5O/c23-15-22(8-9-22)18-4-1-16(2-5-18)11-21(29)26-20-7-10-28(27-20)14-19-6-3-17(12-24)13-25-19/h1-7,10,13H,8-9,11,14-15H2,(H,26,27,29). The third-order valence-electron chi connectivity index (χ3n) is 5.23. The summed E-state index contributed by atoms with van der Waals surface area (Å²) in [6.45, 7) is 0.118. The Kier molecular flexibility index (Phi) is 5.09. The van der Waals surface area contributed by atoms with Gasteiger partial charge in [-0.1, -0.05) is 24.3 Å². The molecule has 0 radical (unpaired) electrons. The molecule has 7 heteroatoms. The molecule has 4 rings (SSSR count). The molecule has 1 aliphatic carbocycles. The van der Waals surface area contributed by atoms with Gasteiger partial charge >= 0.3 is 0 Å². The van der Waals surface area contributed by atoms with Crippen LogP contribution in [0, 0.1) is 11.3 Å². The van der Waals surface area contributed by atoms with Crippen molar-refractivity contribution in [3.05, 3.63) is 77.2 Å². The number of nitrogens with zero attached hydrogens (tertiary/aromatic N) is 4. The molecular formula is C22H20FN5O. The van der Waals surface area contributed by atoms with Gasteiger partial charge in [0.15, 0.2) is 5.82 Å². The van der Waals surface area contributed by atoms with Crippen LogP contribution in [0.15, 0.2) is 54.9 Å². The molecule has 2 heterocycles. The number of carbonyl (C=O) groups excluding carboxylic acids is 1. The fourth-order valence-electron chi connectivity index (χ4n) is 3.27. The van der Waals surface area contributed by atoms with E-state index in [1.165, 1.54) is 6.20 Å². The molecule has 146 valence electrons. The first-order chi connectivity index (χ1) is 14.1. The summed E-state index contributed by atoms with van der Waals surface area (Å²) in [5.74, 6) is 0.306. The highest BCUT2D eigenvalue weighted by Gasteiger charge is 2.44. The van der Waals surface area contributed by atoms with Gasteiger partial charge in [0.05, 0.1) is 30.9 Å². The Bertz CT molecular complexity index is 1050. The second kappa shape index (κ2) is 7.84. The summed E-state index contributed by atoms with van der Waals surface area (Å²) in [6, 6.07) is 14.9. The van der Waals surface area contributed by atoms with E-state index in [2.05, 4.69) is 15.4 Å². The summed E-state index contributed by atoms with van der Waals surface area (Å²) < 4.78 is 14.8. The number of rotatable bonds is 7. The zero-order chi connectivity index (χ0) is 20.3. The van der Waals surface area contributed by atoms with Crippen molar-refractivity contribution in [3.63, 3.8) is 0 Å². The van der Waals surface area contributed by atoms with Crippen molar-refractivity contribution >= 4 is 11.7 Å². The van der Waals surface area contributed by atoms with Crippen LogP contribution in [-0.2, 0) is 23.2 Å². The fraction of sp³-hybridized carbons (Fsp3) is 0.273. The normalized spacial score (nSPS) is 14.2. The topological polar surface area (TPSA) is 83.6 Å². The number of anilines is 1. The molecule has 29 heavy (non-hydrogen) atoms. The zero-order valence-corrected chi connectivity index (χ0v) is 15.8. The molecule has 2 aromatic heterocycles. The van der Waals surface area contributed by atoms with Crippen LogP contribution < -0.4 is 5.32 Å². The number of halogens is 1. The van der Waals surface area contributed by atoms with Gasteiger partial charge < -0.3 is 5.32 Å². The van der Waals surface area contributed by atoms with Crippen LogP contribution in [0.2, 0.25) is 0 Å². The molecule has 0 bridgehead atoms. The lowest BCUT2D eigenvalue weighted by Crippen LogP contribution is -2.15. The maximum atomic E-state index is 13.2. The van der Waals surface area contributed by atoms with E-state index in [9.17, 15) is 9.18 Å². The van der Waals surface area contributed by atoms with Crippen LogP contribution in [0.3, 0.4) is 0 Å². The average molecular weight is 389 g/mol. The lowest BCUT2D eigenvalue weighted by atomic mass is 9.96. The van der Waals surface area contributed by atoms with E-state index in [1.54, 1.807) is 29.1 Å². The van der Waals surface area contributed by atoms with Gasteiger partial charge in [0.2, 0.25) is 5.91 Å². The molecule has 1 N–H and O–H groups in total. The molecule has 0 aliphatic heterocycles. The highest BCUT2D eigenvalue weighted by Crippen LogP contribution is 2.48. The van der Waals surface area contributed by atoms with Gasteiger partial charge in [0.1, 0.15) is 6.07 Å². The number of hydrogen-bond donors (Lipinski definition) is 1. The Morgan fingerprint density at radius 2 is 2.00 bits per heavy atom. The van der Waals surface area contributed by atoms with Crippen molar-refractivity contribution in [2.75, 3.05) is 12.0 Å². The van der Waals surface area contributed by atoms with Crippen molar-refractivity contribution < 1.29 is 9.18 Å². The average Bonchev–Trinajstić information content (AvgIpc) is 3.43. The molecule has 0 spiro atoms. The van der Waals surface area contributed by atoms with Crippen LogP contribution in [0.5, 0.6) is 0 Å². The van der Waals surface area contributed by atoms with Crippen molar-refractivity contribution in [2.24, 2.45) is 0 Å². The minimum atomic E-state index is -0.326. The van der Waals surface area contributed by atoms with Crippen molar-refractivity contribution in [1.29, 1.82) is 5.26 Å². The Morgan fingerprint density at radius 3 is 2.62 bits per heavy atom. The first-order valence-corrected chi connectivity index (χ1v) is 9.44. The summed E-state index contributed by atoms with van der Waals surface area (Å²) >= 11 is 0. The molecule has 0 unspecified atom stereocenters. The third-order valence-corrected chi connectivity index (χ3v) is 5.23. The number of amides is 1. The maximum absolute atomic E-state index is 13.2. The summed E-state index contributed by atoms with van der Waals surface area (Å²) in [6.07, 6.45) is 5.29. The van der Waals surface area contributed by atoms with Crippen LogP contribution in [0.4, 0.5) is 10.2 Å². The lowest BCUT2D eigenvalue weighted by Gasteiger charge is -2.11. The highest BCUT2D eigenvalue weighted by molar-refractivity contribution is 5.91. The van der Waals surface area contributed by atoms with Crippen LogP contribution in [-0.4, -0.2) is 27.3 Å². The largest absolute Gasteiger partial charge is 0.309 e. The number of nitriles is 1. The van der Waals surface area contributed by atoms with E-state index in [4.69, 9.17) is 5.26 Å². The number of hydrogen-bond acceptors (Lipinski definition) is 4. The van der Waals surface area contributed by atoms with Crippen molar-refractivity contribution in [2.45, 2.75) is 31.2 Å². The van der Waals surface area contributed by atoms with E-state index < -0.39 is 0 Å².